The molecule has 0 aliphatic rings. The average molecular weight is 498 g/mol. The molecule has 0 aliphatic carbocycles. The number of halogens is 2. The van der Waals surface area contributed by atoms with Gasteiger partial charge >= 0.3 is 16.1 Å². The molecule has 1 amide bonds. The lowest BCUT2D eigenvalue weighted by Gasteiger charge is -2.30. The number of carbonyl (C=O) groups is 1. The second-order valence-corrected chi connectivity index (χ2v) is 10.6. The highest BCUT2D eigenvalue weighted by Crippen LogP contribution is 2.34. The van der Waals surface area contributed by atoms with Crippen LogP contribution in [0.2, 0.25) is 0 Å². The first-order chi connectivity index (χ1) is 15.7. The highest BCUT2D eigenvalue weighted by atomic mass is 32.2. The lowest BCUT2D eigenvalue weighted by atomic mass is 9.83. The van der Waals surface area contributed by atoms with Crippen molar-refractivity contribution < 1.29 is 36.6 Å². The van der Waals surface area contributed by atoms with Crippen LogP contribution in [0.15, 0.2) is 46.2 Å². The Bertz CT molecular complexity index is 1310. The van der Waals surface area contributed by atoms with Crippen LogP contribution >= 0.6 is 0 Å². The Hall–Kier alpha value is -3.25. The molecule has 0 saturated heterocycles. The minimum absolute atomic E-state index is 0.0287. The molecule has 3 heterocycles. The SMILES string of the molecule is CC(O)c1ccc(S(=O)(=O)n2cc(CC(NC(=O)O)C(C)(C)C)c(F)c2-c2cccnc2F)o1. The number of nitrogens with one attached hydrogen (secondary N) is 1. The zero-order valence-corrected chi connectivity index (χ0v) is 19.7. The number of hydrogen-bond acceptors (Lipinski definition) is 6. The van der Waals surface area contributed by atoms with E-state index in [9.17, 15) is 27.8 Å². The molecule has 0 fully saturated rings. The smallest absolute Gasteiger partial charge is 0.404 e. The van der Waals surface area contributed by atoms with Gasteiger partial charge in [-0.05, 0) is 43.0 Å². The summed E-state index contributed by atoms with van der Waals surface area (Å²) in [6.07, 6.45) is -0.527. The van der Waals surface area contributed by atoms with Crippen molar-refractivity contribution in [3.63, 3.8) is 0 Å². The fraction of sp³-hybridized carbons (Fsp3) is 0.364. The third-order valence-corrected chi connectivity index (χ3v) is 6.83. The molecule has 3 rings (SSSR count). The average Bonchev–Trinajstić information content (AvgIpc) is 3.34. The second kappa shape index (κ2) is 9.18. The van der Waals surface area contributed by atoms with Gasteiger partial charge in [-0.3, -0.25) is 0 Å². The van der Waals surface area contributed by atoms with Gasteiger partial charge in [0.25, 0.3) is 0 Å². The molecule has 184 valence electrons. The van der Waals surface area contributed by atoms with Gasteiger partial charge in [0.2, 0.25) is 11.0 Å². The number of amides is 1. The summed E-state index contributed by atoms with van der Waals surface area (Å²) >= 11 is 0. The van der Waals surface area contributed by atoms with E-state index in [4.69, 9.17) is 4.42 Å². The third-order valence-electron chi connectivity index (χ3n) is 5.29. The van der Waals surface area contributed by atoms with Crippen molar-refractivity contribution in [2.24, 2.45) is 5.41 Å². The maximum Gasteiger partial charge on any atom is 0.404 e. The Morgan fingerprint density at radius 3 is 2.47 bits per heavy atom. The summed E-state index contributed by atoms with van der Waals surface area (Å²) in [7, 11) is -4.58. The van der Waals surface area contributed by atoms with Gasteiger partial charge in [-0.15, -0.1) is 0 Å². The van der Waals surface area contributed by atoms with Gasteiger partial charge in [-0.1, -0.05) is 20.8 Å². The molecule has 3 aromatic heterocycles. The minimum atomic E-state index is -4.58. The van der Waals surface area contributed by atoms with Crippen molar-refractivity contribution in [3.8, 4) is 11.3 Å². The lowest BCUT2D eigenvalue weighted by molar-refractivity contribution is 0.162. The molecular weight excluding hydrogens is 472 g/mol. The number of nitrogens with zero attached hydrogens (tertiary/aromatic N) is 2. The summed E-state index contributed by atoms with van der Waals surface area (Å²) in [5.41, 5.74) is -1.83. The van der Waals surface area contributed by atoms with Crippen molar-refractivity contribution in [3.05, 3.63) is 59.7 Å². The first-order valence-electron chi connectivity index (χ1n) is 10.3. The lowest BCUT2D eigenvalue weighted by Crippen LogP contribution is -2.44. The fourth-order valence-corrected chi connectivity index (χ4v) is 4.70. The Morgan fingerprint density at radius 2 is 1.94 bits per heavy atom. The zero-order valence-electron chi connectivity index (χ0n) is 18.9. The molecule has 2 unspecified atom stereocenters. The van der Waals surface area contributed by atoms with E-state index in [1.54, 1.807) is 20.8 Å². The minimum Gasteiger partial charge on any atom is -0.465 e. The van der Waals surface area contributed by atoms with Crippen LogP contribution in [0.3, 0.4) is 0 Å². The topological polar surface area (TPSA) is 135 Å². The summed E-state index contributed by atoms with van der Waals surface area (Å²) in [6, 6.07) is 4.06. The molecule has 0 saturated carbocycles. The first kappa shape index (κ1) is 25.4. The quantitative estimate of drug-likeness (QED) is 0.421. The number of furan rings is 1. The summed E-state index contributed by atoms with van der Waals surface area (Å²) < 4.78 is 62.8. The molecule has 12 heteroatoms. The van der Waals surface area contributed by atoms with E-state index in [1.165, 1.54) is 25.1 Å². The van der Waals surface area contributed by atoms with E-state index in [2.05, 4.69) is 10.3 Å². The van der Waals surface area contributed by atoms with Gasteiger partial charge in [0.1, 0.15) is 17.6 Å². The van der Waals surface area contributed by atoms with Crippen molar-refractivity contribution in [1.29, 1.82) is 0 Å². The summed E-state index contributed by atoms with van der Waals surface area (Å²) in [4.78, 5) is 14.8. The Kier molecular flexibility index (Phi) is 6.85. The Balaban J connectivity index is 2.22. The van der Waals surface area contributed by atoms with E-state index in [1.807, 2.05) is 0 Å². The van der Waals surface area contributed by atoms with Gasteiger partial charge in [0, 0.05) is 24.0 Å². The maximum absolute atomic E-state index is 15.7. The van der Waals surface area contributed by atoms with Gasteiger partial charge in [-0.2, -0.15) is 12.8 Å². The number of carboxylic acid groups (broad SMARTS) is 1. The van der Waals surface area contributed by atoms with Crippen LogP contribution in [0.4, 0.5) is 13.6 Å². The fourth-order valence-electron chi connectivity index (χ4n) is 3.38. The summed E-state index contributed by atoms with van der Waals surface area (Å²) in [5.74, 6) is -2.17. The van der Waals surface area contributed by atoms with E-state index >= 15 is 4.39 Å². The molecule has 0 aliphatic heterocycles. The largest absolute Gasteiger partial charge is 0.465 e. The predicted octanol–water partition coefficient (Wildman–Crippen LogP) is 3.94. The Morgan fingerprint density at radius 1 is 1.26 bits per heavy atom. The van der Waals surface area contributed by atoms with Crippen LogP contribution in [0.25, 0.3) is 11.3 Å². The number of pyridine rings is 1. The van der Waals surface area contributed by atoms with Crippen LogP contribution in [0.1, 0.15) is 45.1 Å². The summed E-state index contributed by atoms with van der Waals surface area (Å²) in [5, 5.41) is 20.6. The standard InChI is InChI=1S/C22H25F2N3O6S/c1-12(28)15-7-8-17(33-15)34(31,32)27-11-13(10-16(22(2,3)4)26-21(29)30)18(23)19(27)14-6-5-9-25-20(14)24/h5-9,11-12,16,26,28H,10H2,1-4H3,(H,29,30). The van der Waals surface area contributed by atoms with Gasteiger partial charge in [0.05, 0.1) is 5.56 Å². The van der Waals surface area contributed by atoms with E-state index in [0.717, 1.165) is 18.5 Å². The molecule has 3 aromatic rings. The third kappa shape index (κ3) is 4.97. The van der Waals surface area contributed by atoms with Crippen LogP contribution < -0.4 is 5.32 Å². The molecule has 9 nitrogen and oxygen atoms in total. The van der Waals surface area contributed by atoms with Crippen LogP contribution in [-0.4, -0.2) is 39.7 Å². The number of aliphatic hydroxyl groups excluding tert-OH is 1. The molecule has 0 spiro atoms. The van der Waals surface area contributed by atoms with Crippen LogP contribution in [0, 0.1) is 17.2 Å². The normalized spacial score (nSPS) is 14.1. The molecule has 34 heavy (non-hydrogen) atoms. The molecule has 2 atom stereocenters. The summed E-state index contributed by atoms with van der Waals surface area (Å²) in [6.45, 7) is 6.59. The predicted molar refractivity (Wildman–Crippen MR) is 118 cm³/mol. The second-order valence-electron chi connectivity index (χ2n) is 8.86. The van der Waals surface area contributed by atoms with E-state index in [0.29, 0.717) is 3.97 Å². The molecule has 0 aromatic carbocycles. The number of aromatic nitrogens is 2. The van der Waals surface area contributed by atoms with Crippen LogP contribution in [-0.2, 0) is 16.4 Å². The highest BCUT2D eigenvalue weighted by molar-refractivity contribution is 7.89. The molecule has 0 bridgehead atoms. The van der Waals surface area contributed by atoms with E-state index in [-0.39, 0.29) is 17.7 Å². The Labute approximate surface area is 195 Å². The number of hydrogen-bond donors (Lipinski definition) is 3. The van der Waals surface area contributed by atoms with Crippen molar-refractivity contribution in [2.45, 2.75) is 51.4 Å². The number of aliphatic hydroxyl groups is 1. The van der Waals surface area contributed by atoms with Gasteiger partial charge in [0.15, 0.2) is 5.82 Å². The van der Waals surface area contributed by atoms with Crippen molar-refractivity contribution in [2.75, 3.05) is 0 Å². The van der Waals surface area contributed by atoms with E-state index < -0.39 is 61.8 Å². The van der Waals surface area contributed by atoms with Crippen molar-refractivity contribution >= 4 is 16.1 Å². The van der Waals surface area contributed by atoms with Crippen LogP contribution in [0.5, 0.6) is 0 Å². The molecular formula is C22H25F2N3O6S. The monoisotopic (exact) mass is 497 g/mol. The first-order valence-corrected chi connectivity index (χ1v) is 11.7. The van der Waals surface area contributed by atoms with Gasteiger partial charge < -0.3 is 19.9 Å². The zero-order chi connectivity index (χ0) is 25.4. The van der Waals surface area contributed by atoms with Crippen molar-refractivity contribution in [1.82, 2.24) is 14.3 Å². The molecule has 0 radical (unpaired) electrons. The van der Waals surface area contributed by atoms with Gasteiger partial charge in [-0.25, -0.2) is 18.1 Å². The highest BCUT2D eigenvalue weighted by Gasteiger charge is 2.34. The molecule has 3 N–H and O–H groups in total. The number of rotatable bonds is 7. The maximum atomic E-state index is 15.7.